The maximum absolute atomic E-state index is 2.71. The third-order valence-corrected chi connectivity index (χ3v) is 7.08. The van der Waals surface area contributed by atoms with Gasteiger partial charge in [0.25, 0.3) is 0 Å². The van der Waals surface area contributed by atoms with E-state index in [1.54, 1.807) is 38.5 Å². The Bertz CT molecular complexity index is 270. The highest BCUT2D eigenvalue weighted by Crippen LogP contribution is 2.55. The van der Waals surface area contributed by atoms with E-state index in [9.17, 15) is 0 Å². The molecule has 3 aliphatic carbocycles. The van der Waals surface area contributed by atoms with Crippen LogP contribution in [-0.4, -0.2) is 0 Å². The van der Waals surface area contributed by atoms with E-state index in [0.29, 0.717) is 0 Å². The fourth-order valence-corrected chi connectivity index (χ4v) is 5.96. The van der Waals surface area contributed by atoms with Crippen molar-refractivity contribution in [3.8, 4) is 0 Å². The first-order chi connectivity index (χ1) is 9.31. The van der Waals surface area contributed by atoms with E-state index in [2.05, 4.69) is 6.92 Å². The lowest BCUT2D eigenvalue weighted by Crippen LogP contribution is -2.43. The van der Waals surface area contributed by atoms with Crippen molar-refractivity contribution in [1.82, 2.24) is 0 Å². The highest BCUT2D eigenvalue weighted by molar-refractivity contribution is 4.95. The van der Waals surface area contributed by atoms with Gasteiger partial charge in [0.15, 0.2) is 0 Å². The zero-order valence-electron chi connectivity index (χ0n) is 13.1. The van der Waals surface area contributed by atoms with Crippen molar-refractivity contribution in [3.05, 3.63) is 0 Å². The lowest BCUT2D eigenvalue weighted by atomic mass is 9.53. The molecular formula is C19H34. The summed E-state index contributed by atoms with van der Waals surface area (Å²) in [4.78, 5) is 0. The van der Waals surface area contributed by atoms with E-state index >= 15 is 0 Å². The van der Waals surface area contributed by atoms with E-state index < -0.39 is 0 Å². The van der Waals surface area contributed by atoms with Gasteiger partial charge in [0.05, 0.1) is 0 Å². The molecule has 110 valence electrons. The van der Waals surface area contributed by atoms with Gasteiger partial charge in [-0.25, -0.2) is 0 Å². The van der Waals surface area contributed by atoms with Crippen molar-refractivity contribution in [2.24, 2.45) is 23.2 Å². The van der Waals surface area contributed by atoms with Crippen molar-refractivity contribution < 1.29 is 0 Å². The minimum Gasteiger partial charge on any atom is -0.0591 e. The van der Waals surface area contributed by atoms with E-state index in [-0.39, 0.29) is 0 Å². The van der Waals surface area contributed by atoms with Crippen molar-refractivity contribution in [1.29, 1.82) is 0 Å². The predicted molar refractivity (Wildman–Crippen MR) is 83.2 cm³/mol. The molecule has 0 bridgehead atoms. The van der Waals surface area contributed by atoms with Gasteiger partial charge < -0.3 is 0 Å². The molecule has 0 saturated heterocycles. The van der Waals surface area contributed by atoms with Crippen molar-refractivity contribution in [2.75, 3.05) is 0 Å². The number of hydrogen-bond acceptors (Lipinski definition) is 0. The summed E-state index contributed by atoms with van der Waals surface area (Å²) in [6.07, 6.45) is 21.6. The average molecular weight is 262 g/mol. The summed E-state index contributed by atoms with van der Waals surface area (Å²) in [5.41, 5.74) is 0.723. The van der Waals surface area contributed by atoms with E-state index in [1.165, 1.54) is 51.4 Å². The van der Waals surface area contributed by atoms with Gasteiger partial charge in [-0.15, -0.1) is 0 Å². The monoisotopic (exact) mass is 262 g/mol. The smallest absolute Gasteiger partial charge is 0.0267 e. The fraction of sp³-hybridized carbons (Fsp3) is 1.00. The molecule has 19 heavy (non-hydrogen) atoms. The summed E-state index contributed by atoms with van der Waals surface area (Å²) in [7, 11) is 0. The zero-order chi connectivity index (χ0) is 13.1. The third kappa shape index (κ3) is 2.88. The number of rotatable bonds is 2. The van der Waals surface area contributed by atoms with Crippen molar-refractivity contribution in [3.63, 3.8) is 0 Å². The molecule has 0 spiro atoms. The van der Waals surface area contributed by atoms with Crippen LogP contribution in [0.25, 0.3) is 0 Å². The van der Waals surface area contributed by atoms with Crippen LogP contribution in [-0.2, 0) is 0 Å². The molecule has 0 heteroatoms. The molecule has 0 radical (unpaired) electrons. The Kier molecular flexibility index (Phi) is 4.54. The number of hydrogen-bond donors (Lipinski definition) is 0. The highest BCUT2D eigenvalue weighted by atomic mass is 14.5. The van der Waals surface area contributed by atoms with Gasteiger partial charge in [0.2, 0.25) is 0 Å². The largest absolute Gasteiger partial charge is 0.0591 e. The van der Waals surface area contributed by atoms with E-state index in [4.69, 9.17) is 0 Å². The van der Waals surface area contributed by atoms with Crippen LogP contribution in [0.3, 0.4) is 0 Å². The summed E-state index contributed by atoms with van der Waals surface area (Å²) in [6, 6.07) is 0. The van der Waals surface area contributed by atoms with Crippen LogP contribution in [0.1, 0.15) is 96.8 Å². The van der Waals surface area contributed by atoms with Crippen LogP contribution in [0.5, 0.6) is 0 Å². The topological polar surface area (TPSA) is 0 Å². The van der Waals surface area contributed by atoms with Gasteiger partial charge in [0.1, 0.15) is 0 Å². The molecule has 0 nitrogen and oxygen atoms in total. The van der Waals surface area contributed by atoms with Crippen LogP contribution in [0.2, 0.25) is 0 Å². The first-order valence-electron chi connectivity index (χ1n) is 9.31. The van der Waals surface area contributed by atoms with E-state index in [0.717, 1.165) is 23.2 Å². The summed E-state index contributed by atoms with van der Waals surface area (Å²) in [5, 5.41) is 0. The van der Waals surface area contributed by atoms with Gasteiger partial charge in [-0.3, -0.25) is 0 Å². The predicted octanol–water partition coefficient (Wildman–Crippen LogP) is 6.34. The maximum atomic E-state index is 2.71. The molecular weight excluding hydrogens is 228 g/mol. The molecule has 0 heterocycles. The van der Waals surface area contributed by atoms with Gasteiger partial charge in [0, 0.05) is 0 Å². The lowest BCUT2D eigenvalue weighted by molar-refractivity contribution is -0.0191. The Morgan fingerprint density at radius 3 is 1.89 bits per heavy atom. The standard InChI is InChI=1S/C19H34/c1-19(17-12-6-3-7-13-17)15-9-8-14-18(19)16-10-4-2-5-11-16/h16-18H,2-15H2,1H3. The molecule has 0 aromatic carbocycles. The Morgan fingerprint density at radius 2 is 1.21 bits per heavy atom. The maximum Gasteiger partial charge on any atom is -0.0267 e. The molecule has 0 aromatic heterocycles. The van der Waals surface area contributed by atoms with Crippen LogP contribution in [0.15, 0.2) is 0 Å². The average Bonchev–Trinajstić information content (AvgIpc) is 2.49. The normalized spacial score (nSPS) is 39.3. The van der Waals surface area contributed by atoms with Crippen LogP contribution in [0.4, 0.5) is 0 Å². The summed E-state index contributed by atoms with van der Waals surface area (Å²) in [5.74, 6) is 3.26. The Labute approximate surface area is 120 Å². The molecule has 3 aliphatic rings. The molecule has 0 aliphatic heterocycles. The molecule has 2 unspecified atom stereocenters. The molecule has 3 saturated carbocycles. The van der Waals surface area contributed by atoms with Crippen molar-refractivity contribution in [2.45, 2.75) is 96.8 Å². The second kappa shape index (κ2) is 6.19. The molecule has 3 fully saturated rings. The third-order valence-electron chi connectivity index (χ3n) is 7.08. The van der Waals surface area contributed by atoms with Crippen molar-refractivity contribution >= 4 is 0 Å². The molecule has 0 N–H and O–H groups in total. The minimum atomic E-state index is 0.723. The lowest BCUT2D eigenvalue weighted by Gasteiger charge is -2.52. The highest BCUT2D eigenvalue weighted by Gasteiger charge is 2.45. The van der Waals surface area contributed by atoms with E-state index in [1.807, 2.05) is 0 Å². The van der Waals surface area contributed by atoms with Crippen LogP contribution >= 0.6 is 0 Å². The zero-order valence-corrected chi connectivity index (χ0v) is 13.1. The SMILES string of the molecule is CC1(C2CCCCC2)CCCCC1C1CCCCC1. The second-order valence-corrected chi connectivity index (χ2v) is 8.09. The Balaban J connectivity index is 1.74. The van der Waals surface area contributed by atoms with Gasteiger partial charge in [-0.05, 0) is 48.9 Å². The summed E-state index contributed by atoms with van der Waals surface area (Å²) >= 11 is 0. The van der Waals surface area contributed by atoms with Crippen LogP contribution in [0, 0.1) is 23.2 Å². The molecule has 2 atom stereocenters. The Hall–Kier alpha value is 0. The molecule has 3 rings (SSSR count). The van der Waals surface area contributed by atoms with Gasteiger partial charge >= 0.3 is 0 Å². The summed E-state index contributed by atoms with van der Waals surface area (Å²) < 4.78 is 0. The molecule has 0 amide bonds. The second-order valence-electron chi connectivity index (χ2n) is 8.09. The summed E-state index contributed by atoms with van der Waals surface area (Å²) in [6.45, 7) is 2.71. The fourth-order valence-electron chi connectivity index (χ4n) is 5.96. The Morgan fingerprint density at radius 1 is 0.632 bits per heavy atom. The van der Waals surface area contributed by atoms with Gasteiger partial charge in [-0.1, -0.05) is 71.1 Å². The minimum absolute atomic E-state index is 0.723. The van der Waals surface area contributed by atoms with Gasteiger partial charge in [-0.2, -0.15) is 0 Å². The van der Waals surface area contributed by atoms with Crippen LogP contribution < -0.4 is 0 Å². The first kappa shape index (κ1) is 14.0. The molecule has 0 aromatic rings. The quantitative estimate of drug-likeness (QED) is 0.544. The first-order valence-corrected chi connectivity index (χ1v) is 9.31.